The van der Waals surface area contributed by atoms with Crippen LogP contribution in [0.25, 0.3) is 0 Å². The molecule has 1 aromatic carbocycles. The van der Waals surface area contributed by atoms with Gasteiger partial charge in [-0.15, -0.1) is 0 Å². The molecule has 4 nitrogen and oxygen atoms in total. The molecule has 0 bridgehead atoms. The summed E-state index contributed by atoms with van der Waals surface area (Å²) >= 11 is 0. The first-order valence-electron chi connectivity index (χ1n) is 7.78. The van der Waals surface area contributed by atoms with Crippen LogP contribution in [0.4, 0.5) is 0 Å². The average Bonchev–Trinajstić information content (AvgIpc) is 2.48. The van der Waals surface area contributed by atoms with Gasteiger partial charge in [0.2, 0.25) is 0 Å². The molecule has 0 amide bonds. The van der Waals surface area contributed by atoms with Crippen LogP contribution in [0.5, 0.6) is 5.75 Å². The second-order valence-corrected chi connectivity index (χ2v) is 6.02. The van der Waals surface area contributed by atoms with Crippen molar-refractivity contribution in [2.45, 2.75) is 32.5 Å². The fourth-order valence-electron chi connectivity index (χ4n) is 2.84. The van der Waals surface area contributed by atoms with E-state index in [1.165, 1.54) is 12.8 Å². The molecule has 0 radical (unpaired) electrons. The number of aliphatic hydroxyl groups excluding tert-OH is 1. The Labute approximate surface area is 127 Å². The number of ether oxygens (including phenoxy) is 2. The van der Waals surface area contributed by atoms with E-state index in [-0.39, 0.29) is 0 Å². The minimum atomic E-state index is -0.409. The molecule has 1 heterocycles. The van der Waals surface area contributed by atoms with E-state index < -0.39 is 6.10 Å². The first kappa shape index (κ1) is 16.3. The van der Waals surface area contributed by atoms with Crippen LogP contribution in [0.1, 0.15) is 25.3 Å². The summed E-state index contributed by atoms with van der Waals surface area (Å²) in [6.45, 7) is 6.09. The first-order chi connectivity index (χ1) is 10.2. The SMILES string of the molecule is COc1ccc(COCC(O)CN2CCCC(C)C2)cc1. The largest absolute Gasteiger partial charge is 0.497 e. The van der Waals surface area contributed by atoms with Gasteiger partial charge in [0, 0.05) is 13.1 Å². The van der Waals surface area contributed by atoms with Crippen LogP contribution in [0.3, 0.4) is 0 Å². The van der Waals surface area contributed by atoms with Gasteiger partial charge in [-0.1, -0.05) is 19.1 Å². The van der Waals surface area contributed by atoms with E-state index in [1.807, 2.05) is 24.3 Å². The van der Waals surface area contributed by atoms with Crippen molar-refractivity contribution in [1.82, 2.24) is 4.90 Å². The third-order valence-electron chi connectivity index (χ3n) is 3.95. The predicted octanol–water partition coefficient (Wildman–Crippen LogP) is 2.30. The molecule has 0 aromatic heterocycles. The Morgan fingerprint density at radius 3 is 2.76 bits per heavy atom. The second kappa shape index (κ2) is 8.37. The van der Waals surface area contributed by atoms with Crippen molar-refractivity contribution in [3.8, 4) is 5.75 Å². The maximum atomic E-state index is 10.1. The standard InChI is InChI=1S/C17H27NO3/c1-14-4-3-9-18(10-14)11-16(19)13-21-12-15-5-7-17(20-2)8-6-15/h5-8,14,16,19H,3-4,9-13H2,1-2H3. The van der Waals surface area contributed by atoms with Gasteiger partial charge in [-0.2, -0.15) is 0 Å². The smallest absolute Gasteiger partial charge is 0.118 e. The van der Waals surface area contributed by atoms with Gasteiger partial charge in [0.15, 0.2) is 0 Å². The first-order valence-corrected chi connectivity index (χ1v) is 7.78. The fourth-order valence-corrected chi connectivity index (χ4v) is 2.84. The minimum absolute atomic E-state index is 0.386. The molecule has 0 saturated carbocycles. The lowest BCUT2D eigenvalue weighted by atomic mass is 10.0. The van der Waals surface area contributed by atoms with E-state index in [4.69, 9.17) is 9.47 Å². The third-order valence-corrected chi connectivity index (χ3v) is 3.95. The number of piperidine rings is 1. The molecule has 1 aliphatic heterocycles. The summed E-state index contributed by atoms with van der Waals surface area (Å²) < 4.78 is 10.7. The van der Waals surface area contributed by atoms with Crippen LogP contribution in [0, 0.1) is 5.92 Å². The Bertz CT molecular complexity index is 407. The fraction of sp³-hybridized carbons (Fsp3) is 0.647. The van der Waals surface area contributed by atoms with Crippen molar-refractivity contribution in [2.75, 3.05) is 33.4 Å². The van der Waals surface area contributed by atoms with Crippen molar-refractivity contribution < 1.29 is 14.6 Å². The number of rotatable bonds is 7. The normalized spacial score (nSPS) is 21.2. The zero-order valence-electron chi connectivity index (χ0n) is 13.1. The Morgan fingerprint density at radius 2 is 2.10 bits per heavy atom. The van der Waals surface area contributed by atoms with Crippen LogP contribution >= 0.6 is 0 Å². The molecule has 1 N–H and O–H groups in total. The summed E-state index contributed by atoms with van der Waals surface area (Å²) in [6, 6.07) is 7.81. The number of benzene rings is 1. The van der Waals surface area contributed by atoms with Gasteiger partial charge >= 0.3 is 0 Å². The molecule has 1 aliphatic rings. The van der Waals surface area contributed by atoms with Gasteiger partial charge in [-0.05, 0) is 43.0 Å². The molecule has 0 spiro atoms. The summed E-state index contributed by atoms with van der Waals surface area (Å²) in [4.78, 5) is 2.34. The maximum absolute atomic E-state index is 10.1. The number of hydrogen-bond donors (Lipinski definition) is 1. The number of methoxy groups -OCH3 is 1. The molecule has 2 unspecified atom stereocenters. The number of β-amino-alcohol motifs (C(OH)–C–C–N with tert-alkyl or cyclic N) is 1. The monoisotopic (exact) mass is 293 g/mol. The number of nitrogens with zero attached hydrogens (tertiary/aromatic N) is 1. The number of likely N-dealkylation sites (tertiary alicyclic amines) is 1. The molecule has 2 rings (SSSR count). The lowest BCUT2D eigenvalue weighted by Crippen LogP contribution is -2.40. The van der Waals surface area contributed by atoms with Crippen LogP contribution in [0.2, 0.25) is 0 Å². The summed E-state index contributed by atoms with van der Waals surface area (Å²) in [5, 5.41) is 10.1. The molecular weight excluding hydrogens is 266 g/mol. The Balaban J connectivity index is 1.65. The summed E-state index contributed by atoms with van der Waals surface area (Å²) in [7, 11) is 1.66. The van der Waals surface area contributed by atoms with Crippen molar-refractivity contribution in [1.29, 1.82) is 0 Å². The summed E-state index contributed by atoms with van der Waals surface area (Å²) in [5.41, 5.74) is 1.09. The van der Waals surface area contributed by atoms with E-state index in [9.17, 15) is 5.11 Å². The topological polar surface area (TPSA) is 41.9 Å². The minimum Gasteiger partial charge on any atom is -0.497 e. The van der Waals surface area contributed by atoms with Crippen molar-refractivity contribution >= 4 is 0 Å². The highest BCUT2D eigenvalue weighted by Crippen LogP contribution is 2.16. The lowest BCUT2D eigenvalue weighted by Gasteiger charge is -2.32. The predicted molar refractivity (Wildman–Crippen MR) is 83.5 cm³/mol. The van der Waals surface area contributed by atoms with Gasteiger partial charge in [0.1, 0.15) is 5.75 Å². The Hall–Kier alpha value is -1.10. The van der Waals surface area contributed by atoms with Crippen LogP contribution in [0.15, 0.2) is 24.3 Å². The van der Waals surface area contributed by atoms with E-state index >= 15 is 0 Å². The molecule has 1 aromatic rings. The van der Waals surface area contributed by atoms with E-state index in [0.29, 0.717) is 19.8 Å². The van der Waals surface area contributed by atoms with Crippen LogP contribution < -0.4 is 4.74 Å². The summed E-state index contributed by atoms with van der Waals surface area (Å²) in [5.74, 6) is 1.59. The zero-order chi connectivity index (χ0) is 15.1. The Morgan fingerprint density at radius 1 is 1.33 bits per heavy atom. The zero-order valence-corrected chi connectivity index (χ0v) is 13.1. The second-order valence-electron chi connectivity index (χ2n) is 6.02. The van der Waals surface area contributed by atoms with Crippen molar-refractivity contribution in [2.24, 2.45) is 5.92 Å². The number of aliphatic hydroxyl groups is 1. The number of hydrogen-bond acceptors (Lipinski definition) is 4. The van der Waals surface area contributed by atoms with Gasteiger partial charge in [0.25, 0.3) is 0 Å². The van der Waals surface area contributed by atoms with E-state index in [2.05, 4.69) is 11.8 Å². The molecule has 2 atom stereocenters. The molecular formula is C17H27NO3. The highest BCUT2D eigenvalue weighted by atomic mass is 16.5. The van der Waals surface area contributed by atoms with Crippen LogP contribution in [-0.4, -0.2) is 49.5 Å². The van der Waals surface area contributed by atoms with Gasteiger partial charge < -0.3 is 19.5 Å². The highest BCUT2D eigenvalue weighted by molar-refractivity contribution is 5.26. The molecule has 0 aliphatic carbocycles. The van der Waals surface area contributed by atoms with E-state index in [0.717, 1.165) is 30.3 Å². The average molecular weight is 293 g/mol. The molecule has 1 fully saturated rings. The van der Waals surface area contributed by atoms with E-state index in [1.54, 1.807) is 7.11 Å². The van der Waals surface area contributed by atoms with Crippen LogP contribution in [-0.2, 0) is 11.3 Å². The van der Waals surface area contributed by atoms with Crippen molar-refractivity contribution in [3.05, 3.63) is 29.8 Å². The quantitative estimate of drug-likeness (QED) is 0.837. The maximum Gasteiger partial charge on any atom is 0.118 e. The molecule has 118 valence electrons. The summed E-state index contributed by atoms with van der Waals surface area (Å²) in [6.07, 6.45) is 2.13. The molecule has 1 saturated heterocycles. The van der Waals surface area contributed by atoms with Crippen molar-refractivity contribution in [3.63, 3.8) is 0 Å². The molecule has 21 heavy (non-hydrogen) atoms. The molecule has 4 heteroatoms. The van der Waals surface area contributed by atoms with Gasteiger partial charge in [-0.3, -0.25) is 0 Å². The highest BCUT2D eigenvalue weighted by Gasteiger charge is 2.18. The Kier molecular flexibility index (Phi) is 6.49. The van der Waals surface area contributed by atoms with Gasteiger partial charge in [-0.25, -0.2) is 0 Å². The lowest BCUT2D eigenvalue weighted by molar-refractivity contribution is 0.00376. The third kappa shape index (κ3) is 5.65. The van der Waals surface area contributed by atoms with Gasteiger partial charge in [0.05, 0.1) is 26.4 Å².